The summed E-state index contributed by atoms with van der Waals surface area (Å²) in [6.07, 6.45) is 1.60. The van der Waals surface area contributed by atoms with Gasteiger partial charge in [-0.15, -0.1) is 0 Å². The fraction of sp³-hybridized carbons (Fsp3) is 0.0833. The topological polar surface area (TPSA) is 89.8 Å². The smallest absolute Gasteiger partial charge is 0.293 e. The molecular formula is C24H17ClN2O5S. The number of carbonyl (C=O) groups excluding carboxylic acids is 2. The largest absolute Gasteiger partial charge is 0.488 e. The van der Waals surface area contributed by atoms with Crippen molar-refractivity contribution in [3.63, 3.8) is 0 Å². The number of amides is 2. The Kier molecular flexibility index (Phi) is 6.76. The molecule has 0 N–H and O–H groups in total. The summed E-state index contributed by atoms with van der Waals surface area (Å²) in [4.78, 5) is 37.4. The zero-order chi connectivity index (χ0) is 23.4. The number of carbonyl (C=O) groups is 2. The van der Waals surface area contributed by atoms with E-state index in [1.165, 1.54) is 18.2 Å². The molecule has 1 aliphatic rings. The van der Waals surface area contributed by atoms with E-state index in [-0.39, 0.29) is 22.7 Å². The van der Waals surface area contributed by atoms with E-state index in [1.807, 2.05) is 18.2 Å². The third kappa shape index (κ3) is 5.24. The number of halogens is 1. The van der Waals surface area contributed by atoms with Gasteiger partial charge in [0.15, 0.2) is 0 Å². The summed E-state index contributed by atoms with van der Waals surface area (Å²) in [6, 6.07) is 20.5. The molecule has 3 aromatic carbocycles. The Morgan fingerprint density at radius 2 is 1.70 bits per heavy atom. The number of nitro benzene ring substituents is 1. The van der Waals surface area contributed by atoms with Gasteiger partial charge < -0.3 is 4.74 Å². The first-order chi connectivity index (χ1) is 15.9. The zero-order valence-electron chi connectivity index (χ0n) is 17.1. The van der Waals surface area contributed by atoms with Crippen LogP contribution in [0.5, 0.6) is 5.75 Å². The predicted molar refractivity (Wildman–Crippen MR) is 127 cm³/mol. The van der Waals surface area contributed by atoms with Gasteiger partial charge in [-0.1, -0.05) is 60.1 Å². The molecule has 166 valence electrons. The SMILES string of the molecule is O=C1S/C(=C\c2ccccc2OCc2ccc(Cl)cc2)C(=O)N1Cc1ccccc1[N+](=O)[O-]. The van der Waals surface area contributed by atoms with Gasteiger partial charge in [0.1, 0.15) is 12.4 Å². The standard InChI is InChI=1S/C24H17ClN2O5S/c25-19-11-9-16(10-12-19)15-32-21-8-4-2-5-17(21)13-22-23(28)26(24(29)33-22)14-18-6-1-3-7-20(18)27(30)31/h1-13H,14-15H2/b22-13-. The first-order valence-corrected chi connectivity index (χ1v) is 11.1. The van der Waals surface area contributed by atoms with Gasteiger partial charge in [-0.05, 0) is 41.6 Å². The quantitative estimate of drug-likeness (QED) is 0.232. The van der Waals surface area contributed by atoms with Gasteiger partial charge in [-0.2, -0.15) is 0 Å². The summed E-state index contributed by atoms with van der Waals surface area (Å²) in [5.74, 6) is 0.0496. The molecule has 0 spiro atoms. The molecule has 1 aliphatic heterocycles. The third-order valence-corrected chi connectivity index (χ3v) is 6.06. The summed E-state index contributed by atoms with van der Waals surface area (Å²) >= 11 is 6.71. The Labute approximate surface area is 198 Å². The second-order valence-electron chi connectivity index (χ2n) is 7.11. The highest BCUT2D eigenvalue weighted by molar-refractivity contribution is 8.18. The van der Waals surface area contributed by atoms with Crippen LogP contribution >= 0.6 is 23.4 Å². The lowest BCUT2D eigenvalue weighted by Crippen LogP contribution is -2.27. The lowest BCUT2D eigenvalue weighted by molar-refractivity contribution is -0.385. The second-order valence-corrected chi connectivity index (χ2v) is 8.54. The van der Waals surface area contributed by atoms with Crippen molar-refractivity contribution in [2.24, 2.45) is 0 Å². The minimum absolute atomic E-state index is 0.138. The first-order valence-electron chi connectivity index (χ1n) is 9.86. The maximum atomic E-state index is 12.9. The second kappa shape index (κ2) is 9.89. The van der Waals surface area contributed by atoms with Gasteiger partial charge in [0.05, 0.1) is 16.4 Å². The van der Waals surface area contributed by atoms with E-state index in [1.54, 1.807) is 42.5 Å². The Morgan fingerprint density at radius 3 is 2.45 bits per heavy atom. The molecular weight excluding hydrogens is 464 g/mol. The van der Waals surface area contributed by atoms with Gasteiger partial charge in [0.2, 0.25) is 0 Å². The predicted octanol–water partition coefficient (Wildman–Crippen LogP) is 6.06. The Hall–Kier alpha value is -3.62. The van der Waals surface area contributed by atoms with Gasteiger partial charge in [-0.25, -0.2) is 0 Å². The molecule has 0 radical (unpaired) electrons. The van der Waals surface area contributed by atoms with Crippen LogP contribution in [0.15, 0.2) is 77.7 Å². The molecule has 33 heavy (non-hydrogen) atoms. The number of rotatable bonds is 7. The Balaban J connectivity index is 1.53. The third-order valence-electron chi connectivity index (χ3n) is 4.90. The lowest BCUT2D eigenvalue weighted by atomic mass is 10.1. The van der Waals surface area contributed by atoms with Crippen molar-refractivity contribution in [3.05, 3.63) is 110 Å². The van der Waals surface area contributed by atoms with Crippen LogP contribution in [0.4, 0.5) is 10.5 Å². The molecule has 1 fully saturated rings. The zero-order valence-corrected chi connectivity index (χ0v) is 18.7. The van der Waals surface area contributed by atoms with Crippen LogP contribution in [0.25, 0.3) is 6.08 Å². The highest BCUT2D eigenvalue weighted by Gasteiger charge is 2.36. The molecule has 1 heterocycles. The molecule has 4 rings (SSSR count). The van der Waals surface area contributed by atoms with Crippen LogP contribution in [-0.2, 0) is 17.9 Å². The number of nitrogens with zero attached hydrogens (tertiary/aromatic N) is 2. The summed E-state index contributed by atoms with van der Waals surface area (Å²) in [6.45, 7) is 0.134. The van der Waals surface area contributed by atoms with E-state index >= 15 is 0 Å². The average Bonchev–Trinajstić information content (AvgIpc) is 3.07. The molecule has 2 amide bonds. The van der Waals surface area contributed by atoms with Gasteiger partial charge >= 0.3 is 0 Å². The number of hydrogen-bond donors (Lipinski definition) is 0. The van der Waals surface area contributed by atoms with Crippen LogP contribution in [0.3, 0.4) is 0 Å². The summed E-state index contributed by atoms with van der Waals surface area (Å²) < 4.78 is 5.92. The molecule has 1 saturated heterocycles. The van der Waals surface area contributed by atoms with E-state index in [2.05, 4.69) is 0 Å². The Morgan fingerprint density at radius 1 is 1.00 bits per heavy atom. The first kappa shape index (κ1) is 22.6. The molecule has 0 aromatic heterocycles. The maximum Gasteiger partial charge on any atom is 0.293 e. The number of benzene rings is 3. The van der Waals surface area contributed by atoms with Crippen LogP contribution in [0, 0.1) is 10.1 Å². The van der Waals surface area contributed by atoms with Crippen LogP contribution < -0.4 is 4.74 Å². The normalized spacial score (nSPS) is 14.7. The number of para-hydroxylation sites is 2. The average molecular weight is 481 g/mol. The van der Waals surface area contributed by atoms with E-state index < -0.39 is 16.1 Å². The molecule has 0 atom stereocenters. The van der Waals surface area contributed by atoms with Crippen molar-refractivity contribution in [2.45, 2.75) is 13.2 Å². The number of ether oxygens (including phenoxy) is 1. The molecule has 0 bridgehead atoms. The number of thioether (sulfide) groups is 1. The minimum Gasteiger partial charge on any atom is -0.488 e. The van der Waals surface area contributed by atoms with Crippen LogP contribution in [0.2, 0.25) is 5.02 Å². The molecule has 0 saturated carbocycles. The van der Waals surface area contributed by atoms with Crippen molar-refractivity contribution in [1.82, 2.24) is 4.90 Å². The van der Waals surface area contributed by atoms with Crippen LogP contribution in [-0.4, -0.2) is 21.0 Å². The number of hydrogen-bond acceptors (Lipinski definition) is 6. The lowest BCUT2D eigenvalue weighted by Gasteiger charge is -2.12. The highest BCUT2D eigenvalue weighted by atomic mass is 35.5. The van der Waals surface area contributed by atoms with Crippen molar-refractivity contribution in [3.8, 4) is 5.75 Å². The molecule has 3 aromatic rings. The minimum atomic E-state index is -0.529. The number of nitro groups is 1. The summed E-state index contributed by atoms with van der Waals surface area (Å²) in [7, 11) is 0. The fourth-order valence-electron chi connectivity index (χ4n) is 3.24. The van der Waals surface area contributed by atoms with Crippen LogP contribution in [0.1, 0.15) is 16.7 Å². The van der Waals surface area contributed by atoms with E-state index in [4.69, 9.17) is 16.3 Å². The van der Waals surface area contributed by atoms with E-state index in [9.17, 15) is 19.7 Å². The monoisotopic (exact) mass is 480 g/mol. The van der Waals surface area contributed by atoms with Crippen molar-refractivity contribution in [2.75, 3.05) is 0 Å². The number of imide groups is 1. The molecule has 9 heteroatoms. The van der Waals surface area contributed by atoms with E-state index in [0.717, 1.165) is 22.2 Å². The summed E-state index contributed by atoms with van der Waals surface area (Å²) in [5.41, 5.74) is 1.72. The van der Waals surface area contributed by atoms with Gasteiger partial charge in [-0.3, -0.25) is 24.6 Å². The van der Waals surface area contributed by atoms with Crippen molar-refractivity contribution < 1.29 is 19.2 Å². The highest BCUT2D eigenvalue weighted by Crippen LogP contribution is 2.36. The van der Waals surface area contributed by atoms with E-state index in [0.29, 0.717) is 22.9 Å². The molecule has 7 nitrogen and oxygen atoms in total. The Bertz CT molecular complexity index is 1260. The van der Waals surface area contributed by atoms with Crippen molar-refractivity contribution in [1.29, 1.82) is 0 Å². The maximum absolute atomic E-state index is 12.9. The summed E-state index contributed by atoms with van der Waals surface area (Å²) in [5, 5.41) is 11.4. The molecule has 0 unspecified atom stereocenters. The fourth-order valence-corrected chi connectivity index (χ4v) is 4.20. The van der Waals surface area contributed by atoms with Gasteiger partial charge in [0.25, 0.3) is 16.8 Å². The van der Waals surface area contributed by atoms with Gasteiger partial charge in [0, 0.05) is 22.2 Å². The van der Waals surface area contributed by atoms with Crippen molar-refractivity contribution >= 4 is 46.3 Å². The molecule has 0 aliphatic carbocycles.